The van der Waals surface area contributed by atoms with Crippen LogP contribution in [0.1, 0.15) is 16.9 Å². The molecular formula is C10H15N3O3. The third-order valence-corrected chi connectivity index (χ3v) is 1.86. The van der Waals surface area contributed by atoms with Crippen molar-refractivity contribution in [2.45, 2.75) is 6.42 Å². The molecule has 0 spiro atoms. The Morgan fingerprint density at radius 1 is 1.44 bits per heavy atom. The van der Waals surface area contributed by atoms with Gasteiger partial charge in [-0.15, -0.1) is 0 Å². The maximum atomic E-state index is 11.2. The molecule has 0 saturated heterocycles. The number of methoxy groups -OCH3 is 2. The number of nitrogens with zero attached hydrogens (tertiary/aromatic N) is 2. The van der Waals surface area contributed by atoms with Gasteiger partial charge in [0.1, 0.15) is 5.82 Å². The maximum absolute atomic E-state index is 11.2. The molecule has 1 heterocycles. The van der Waals surface area contributed by atoms with Crippen molar-refractivity contribution in [3.63, 3.8) is 0 Å². The van der Waals surface area contributed by atoms with Crippen molar-refractivity contribution in [1.29, 1.82) is 0 Å². The Balaban J connectivity index is 2.50. The van der Waals surface area contributed by atoms with Crippen LogP contribution in [0.25, 0.3) is 0 Å². The molecule has 0 radical (unpaired) electrons. The van der Waals surface area contributed by atoms with Crippen LogP contribution in [0, 0.1) is 0 Å². The molecule has 0 saturated carbocycles. The fourth-order valence-electron chi connectivity index (χ4n) is 1.09. The zero-order valence-electron chi connectivity index (χ0n) is 9.40. The van der Waals surface area contributed by atoms with Crippen molar-refractivity contribution in [2.24, 2.45) is 0 Å². The third-order valence-electron chi connectivity index (χ3n) is 1.86. The van der Waals surface area contributed by atoms with Crippen LogP contribution in [0.2, 0.25) is 0 Å². The Bertz CT molecular complexity index is 344. The van der Waals surface area contributed by atoms with Crippen LogP contribution in [0.15, 0.2) is 12.4 Å². The standard InChI is InChI=1S/C10H15N3O3/c1-15-5-3-4-12-9-7-11-6-8(13-9)10(14)16-2/h6-7H,3-5H2,1-2H3,(H,12,13). The van der Waals surface area contributed by atoms with Gasteiger partial charge in [-0.2, -0.15) is 0 Å². The number of nitrogens with one attached hydrogen (secondary N) is 1. The highest BCUT2D eigenvalue weighted by Gasteiger charge is 2.07. The van der Waals surface area contributed by atoms with Gasteiger partial charge in [0.2, 0.25) is 0 Å². The highest BCUT2D eigenvalue weighted by atomic mass is 16.5. The van der Waals surface area contributed by atoms with Crippen LogP contribution in [-0.2, 0) is 9.47 Å². The summed E-state index contributed by atoms with van der Waals surface area (Å²) in [4.78, 5) is 19.1. The van der Waals surface area contributed by atoms with Crippen molar-refractivity contribution >= 4 is 11.8 Å². The van der Waals surface area contributed by atoms with Gasteiger partial charge in [-0.25, -0.2) is 9.78 Å². The minimum atomic E-state index is -0.493. The van der Waals surface area contributed by atoms with Crippen LogP contribution in [0.3, 0.4) is 0 Å². The molecule has 0 aliphatic carbocycles. The van der Waals surface area contributed by atoms with Crippen molar-refractivity contribution in [3.05, 3.63) is 18.1 Å². The van der Waals surface area contributed by atoms with Gasteiger partial charge in [-0.3, -0.25) is 4.98 Å². The smallest absolute Gasteiger partial charge is 0.358 e. The Labute approximate surface area is 94.0 Å². The number of esters is 1. The van der Waals surface area contributed by atoms with Gasteiger partial charge in [0.25, 0.3) is 0 Å². The molecule has 0 bridgehead atoms. The van der Waals surface area contributed by atoms with E-state index in [0.717, 1.165) is 6.42 Å². The first-order valence-electron chi connectivity index (χ1n) is 4.91. The van der Waals surface area contributed by atoms with Crippen LogP contribution in [0.4, 0.5) is 5.82 Å². The summed E-state index contributed by atoms with van der Waals surface area (Å²) in [5.74, 6) is 0.0621. The second kappa shape index (κ2) is 6.73. The molecule has 0 aliphatic rings. The minimum Gasteiger partial charge on any atom is -0.464 e. The van der Waals surface area contributed by atoms with E-state index in [1.54, 1.807) is 13.3 Å². The lowest BCUT2D eigenvalue weighted by Crippen LogP contribution is -2.10. The lowest BCUT2D eigenvalue weighted by atomic mass is 10.4. The van der Waals surface area contributed by atoms with E-state index < -0.39 is 5.97 Å². The monoisotopic (exact) mass is 225 g/mol. The zero-order chi connectivity index (χ0) is 11.8. The first-order valence-corrected chi connectivity index (χ1v) is 4.91. The van der Waals surface area contributed by atoms with Crippen molar-refractivity contribution < 1.29 is 14.3 Å². The molecule has 1 aromatic heterocycles. The number of aromatic nitrogens is 2. The quantitative estimate of drug-likeness (QED) is 0.568. The summed E-state index contributed by atoms with van der Waals surface area (Å²) in [6.07, 6.45) is 3.78. The highest BCUT2D eigenvalue weighted by molar-refractivity contribution is 5.87. The summed E-state index contributed by atoms with van der Waals surface area (Å²) in [5.41, 5.74) is 0.194. The highest BCUT2D eigenvalue weighted by Crippen LogP contribution is 2.03. The number of carbonyl (C=O) groups is 1. The van der Waals surface area contributed by atoms with Gasteiger partial charge < -0.3 is 14.8 Å². The number of rotatable bonds is 6. The van der Waals surface area contributed by atoms with Gasteiger partial charge in [0, 0.05) is 20.3 Å². The first kappa shape index (κ1) is 12.4. The number of carbonyl (C=O) groups excluding carboxylic acids is 1. The minimum absolute atomic E-state index is 0.194. The van der Waals surface area contributed by atoms with Crippen LogP contribution in [-0.4, -0.2) is 43.3 Å². The molecule has 6 nitrogen and oxygen atoms in total. The average Bonchev–Trinajstić information content (AvgIpc) is 2.34. The Morgan fingerprint density at radius 2 is 2.25 bits per heavy atom. The largest absolute Gasteiger partial charge is 0.464 e. The first-order chi connectivity index (χ1) is 7.77. The SMILES string of the molecule is COCCCNc1cncc(C(=O)OC)n1. The normalized spacial score (nSPS) is 9.88. The lowest BCUT2D eigenvalue weighted by molar-refractivity contribution is 0.0593. The summed E-state index contributed by atoms with van der Waals surface area (Å²) in [6, 6.07) is 0. The van der Waals surface area contributed by atoms with Crippen molar-refractivity contribution in [2.75, 3.05) is 32.7 Å². The van der Waals surface area contributed by atoms with E-state index in [0.29, 0.717) is 19.0 Å². The molecule has 0 atom stereocenters. The topological polar surface area (TPSA) is 73.3 Å². The van der Waals surface area contributed by atoms with E-state index >= 15 is 0 Å². The molecule has 88 valence electrons. The lowest BCUT2D eigenvalue weighted by Gasteiger charge is -2.05. The molecule has 0 fully saturated rings. The summed E-state index contributed by atoms with van der Waals surface area (Å²) in [7, 11) is 2.96. The van der Waals surface area contributed by atoms with E-state index in [1.165, 1.54) is 13.3 Å². The van der Waals surface area contributed by atoms with Crippen molar-refractivity contribution in [1.82, 2.24) is 9.97 Å². The number of anilines is 1. The van der Waals surface area contributed by atoms with Crippen LogP contribution < -0.4 is 5.32 Å². The fraction of sp³-hybridized carbons (Fsp3) is 0.500. The molecule has 0 unspecified atom stereocenters. The molecule has 1 rings (SSSR count). The summed E-state index contributed by atoms with van der Waals surface area (Å²) >= 11 is 0. The third kappa shape index (κ3) is 3.82. The average molecular weight is 225 g/mol. The van der Waals surface area contributed by atoms with Gasteiger partial charge in [0.15, 0.2) is 5.69 Å². The molecule has 0 aromatic carbocycles. The summed E-state index contributed by atoms with van der Waals surface area (Å²) in [5, 5.41) is 3.04. The molecule has 16 heavy (non-hydrogen) atoms. The van der Waals surface area contributed by atoms with Crippen molar-refractivity contribution in [3.8, 4) is 0 Å². The van der Waals surface area contributed by atoms with E-state index in [1.807, 2.05) is 0 Å². The molecule has 0 amide bonds. The van der Waals surface area contributed by atoms with E-state index in [-0.39, 0.29) is 5.69 Å². The van der Waals surface area contributed by atoms with Gasteiger partial charge in [-0.1, -0.05) is 0 Å². The Hall–Kier alpha value is -1.69. The number of hydrogen-bond donors (Lipinski definition) is 1. The van der Waals surface area contributed by atoms with Gasteiger partial charge in [-0.05, 0) is 6.42 Å². The predicted octanol–water partition coefficient (Wildman–Crippen LogP) is 0.712. The number of hydrogen-bond acceptors (Lipinski definition) is 6. The van der Waals surface area contributed by atoms with E-state index in [4.69, 9.17) is 4.74 Å². The molecule has 1 aromatic rings. The zero-order valence-corrected chi connectivity index (χ0v) is 9.40. The van der Waals surface area contributed by atoms with Gasteiger partial charge in [0.05, 0.1) is 19.5 Å². The van der Waals surface area contributed by atoms with E-state index in [2.05, 4.69) is 20.0 Å². The molecule has 0 aliphatic heterocycles. The Morgan fingerprint density at radius 3 is 2.94 bits per heavy atom. The summed E-state index contributed by atoms with van der Waals surface area (Å²) in [6.45, 7) is 1.39. The van der Waals surface area contributed by atoms with E-state index in [9.17, 15) is 4.79 Å². The second-order valence-corrected chi connectivity index (χ2v) is 3.05. The maximum Gasteiger partial charge on any atom is 0.358 e. The summed E-state index contributed by atoms with van der Waals surface area (Å²) < 4.78 is 9.45. The van der Waals surface area contributed by atoms with Crippen LogP contribution in [0.5, 0.6) is 0 Å². The molecule has 1 N–H and O–H groups in total. The number of ether oxygens (including phenoxy) is 2. The fourth-order valence-corrected chi connectivity index (χ4v) is 1.09. The predicted molar refractivity (Wildman–Crippen MR) is 58.4 cm³/mol. The molecular weight excluding hydrogens is 210 g/mol. The molecule has 6 heteroatoms. The second-order valence-electron chi connectivity index (χ2n) is 3.05. The Kier molecular flexibility index (Phi) is 5.21. The van der Waals surface area contributed by atoms with Gasteiger partial charge >= 0.3 is 5.97 Å². The van der Waals surface area contributed by atoms with Crippen LogP contribution >= 0.6 is 0 Å².